The van der Waals surface area contributed by atoms with Crippen molar-refractivity contribution in [3.05, 3.63) is 71.8 Å². The molecule has 110 valence electrons. The van der Waals surface area contributed by atoms with Gasteiger partial charge < -0.3 is 0 Å². The van der Waals surface area contributed by atoms with Crippen molar-refractivity contribution in [3.8, 4) is 0 Å². The van der Waals surface area contributed by atoms with Crippen LogP contribution >= 0.6 is 25.5 Å². The van der Waals surface area contributed by atoms with Gasteiger partial charge in [-0.3, -0.25) is 0 Å². The Morgan fingerprint density at radius 1 is 0.714 bits per heavy atom. The molecule has 0 aromatic heterocycles. The van der Waals surface area contributed by atoms with Gasteiger partial charge in [-0.15, -0.1) is 0 Å². The average molecular weight is 526 g/mol. The van der Waals surface area contributed by atoms with Crippen molar-refractivity contribution in [1.29, 1.82) is 0 Å². The van der Waals surface area contributed by atoms with Gasteiger partial charge in [-0.05, 0) is 0 Å². The summed E-state index contributed by atoms with van der Waals surface area (Å²) in [4.78, 5) is 24.5. The van der Waals surface area contributed by atoms with Gasteiger partial charge in [0.15, 0.2) is 0 Å². The Balaban J connectivity index is 2.02. The van der Waals surface area contributed by atoms with E-state index >= 15 is 0 Å². The van der Waals surface area contributed by atoms with Crippen LogP contribution in [0.2, 0.25) is 8.94 Å². The number of rotatable bonds is 6. The van der Waals surface area contributed by atoms with Gasteiger partial charge >= 0.3 is 141 Å². The van der Waals surface area contributed by atoms with Crippen LogP contribution in [0.1, 0.15) is 20.7 Å². The van der Waals surface area contributed by atoms with Gasteiger partial charge in [0.2, 0.25) is 0 Å². The standard InChI is InChI=1S/C16H14Br2O2Te/c17-21(18,11-15(19)13-7-3-1-4-8-13)12-16(20)14-9-5-2-6-10-14/h1-10H,11-12H2. The van der Waals surface area contributed by atoms with Gasteiger partial charge in [0.25, 0.3) is 0 Å². The van der Waals surface area contributed by atoms with Crippen molar-refractivity contribution in [2.45, 2.75) is 8.94 Å². The Hall–Kier alpha value is -0.470. The van der Waals surface area contributed by atoms with Crippen molar-refractivity contribution in [1.82, 2.24) is 0 Å². The number of hydrogen-bond acceptors (Lipinski definition) is 2. The van der Waals surface area contributed by atoms with E-state index in [0.717, 1.165) is 0 Å². The van der Waals surface area contributed by atoms with Crippen LogP contribution in [0.3, 0.4) is 0 Å². The zero-order valence-corrected chi connectivity index (χ0v) is 16.7. The summed E-state index contributed by atoms with van der Waals surface area (Å²) < 4.78 is 0.788. The Bertz CT molecular complexity index is 572. The number of carbonyl (C=O) groups excluding carboxylic acids is 2. The molecule has 2 aromatic carbocycles. The third-order valence-corrected chi connectivity index (χ3v) is 12.9. The van der Waals surface area contributed by atoms with Crippen LogP contribution in [0.5, 0.6) is 0 Å². The fraction of sp³-hybridized carbons (Fsp3) is 0.125. The molecular weight excluding hydrogens is 512 g/mol. The molecule has 2 nitrogen and oxygen atoms in total. The molecule has 0 atom stereocenters. The number of halogens is 2. The Morgan fingerprint density at radius 3 is 1.38 bits per heavy atom. The van der Waals surface area contributed by atoms with Gasteiger partial charge in [0.05, 0.1) is 0 Å². The molecule has 0 unspecified atom stereocenters. The molecule has 21 heavy (non-hydrogen) atoms. The number of ketones is 2. The second-order valence-electron chi connectivity index (χ2n) is 4.57. The van der Waals surface area contributed by atoms with Gasteiger partial charge in [-0.2, -0.15) is 0 Å². The van der Waals surface area contributed by atoms with Gasteiger partial charge in [-0.25, -0.2) is 0 Å². The summed E-state index contributed by atoms with van der Waals surface area (Å²) in [6.07, 6.45) is 0. The van der Waals surface area contributed by atoms with E-state index in [9.17, 15) is 9.59 Å². The molecule has 0 saturated carbocycles. The molecule has 0 N–H and O–H groups in total. The second-order valence-corrected chi connectivity index (χ2v) is 32.7. The van der Waals surface area contributed by atoms with E-state index < -0.39 is 13.8 Å². The van der Waals surface area contributed by atoms with Crippen LogP contribution in [-0.4, -0.2) is 25.3 Å². The molecule has 0 radical (unpaired) electrons. The van der Waals surface area contributed by atoms with Crippen LogP contribution in [-0.2, 0) is 0 Å². The molecular formula is C16H14Br2O2Te. The average Bonchev–Trinajstić information content (AvgIpc) is 2.48. The minimum absolute atomic E-state index is 0.0754. The summed E-state index contributed by atoms with van der Waals surface area (Å²) in [5, 5.41) is 0. The molecule has 5 heteroatoms. The Labute approximate surface area is 140 Å². The quantitative estimate of drug-likeness (QED) is 0.394. The molecule has 0 fully saturated rings. The van der Waals surface area contributed by atoms with Crippen molar-refractivity contribution >= 4 is 50.8 Å². The second kappa shape index (κ2) is 7.69. The van der Waals surface area contributed by atoms with Gasteiger partial charge in [0, 0.05) is 0 Å². The number of benzene rings is 2. The van der Waals surface area contributed by atoms with Crippen molar-refractivity contribution in [3.63, 3.8) is 0 Å². The van der Waals surface area contributed by atoms with Gasteiger partial charge in [-0.1, -0.05) is 0 Å². The van der Waals surface area contributed by atoms with Crippen LogP contribution in [0.15, 0.2) is 60.7 Å². The normalized spacial score (nSPS) is 11.9. The van der Waals surface area contributed by atoms with E-state index in [4.69, 9.17) is 0 Å². The van der Waals surface area contributed by atoms with Crippen molar-refractivity contribution in [2.75, 3.05) is 0 Å². The fourth-order valence-electron chi connectivity index (χ4n) is 1.85. The van der Waals surface area contributed by atoms with Crippen LogP contribution in [0.25, 0.3) is 0 Å². The van der Waals surface area contributed by atoms with E-state index in [1.807, 2.05) is 36.4 Å². The van der Waals surface area contributed by atoms with E-state index in [0.29, 0.717) is 20.1 Å². The summed E-state index contributed by atoms with van der Waals surface area (Å²) in [5.74, 6) is 0.151. The van der Waals surface area contributed by atoms with Crippen LogP contribution in [0.4, 0.5) is 0 Å². The molecule has 2 rings (SSSR count). The molecule has 0 spiro atoms. The molecule has 0 aliphatic rings. The van der Waals surface area contributed by atoms with E-state index in [2.05, 4.69) is 25.5 Å². The van der Waals surface area contributed by atoms with E-state index in [1.54, 1.807) is 24.3 Å². The molecule has 0 bridgehead atoms. The minimum atomic E-state index is -2.84. The summed E-state index contributed by atoms with van der Waals surface area (Å²) in [6, 6.07) is 18.4. The SMILES string of the molecule is O=C(C[Te](Br)(Br)CC(=O)c1ccccc1)c1ccccc1. The maximum atomic E-state index is 12.3. The number of Topliss-reactive ketones (excluding diaryl/α,β-unsaturated/α-hetero) is 2. The summed E-state index contributed by atoms with van der Waals surface area (Å²) in [7, 11) is 0. The van der Waals surface area contributed by atoms with E-state index in [1.165, 1.54) is 0 Å². The molecule has 0 aliphatic heterocycles. The molecule has 0 aliphatic carbocycles. The third kappa shape index (κ3) is 5.34. The Morgan fingerprint density at radius 2 is 1.05 bits per heavy atom. The van der Waals surface area contributed by atoms with Crippen molar-refractivity contribution in [2.24, 2.45) is 0 Å². The molecule has 0 heterocycles. The summed E-state index contributed by atoms with van der Waals surface area (Å²) in [5.41, 5.74) is 1.39. The predicted molar refractivity (Wildman–Crippen MR) is 94.8 cm³/mol. The first-order valence-corrected chi connectivity index (χ1v) is 20.1. The Kier molecular flexibility index (Phi) is 6.19. The topological polar surface area (TPSA) is 34.1 Å². The fourth-order valence-corrected chi connectivity index (χ4v) is 10.9. The summed E-state index contributed by atoms with van der Waals surface area (Å²) in [6.45, 7) is 0. The molecule has 0 amide bonds. The van der Waals surface area contributed by atoms with Gasteiger partial charge in [0.1, 0.15) is 0 Å². The predicted octanol–water partition coefficient (Wildman–Crippen LogP) is 4.98. The molecule has 2 aromatic rings. The molecule has 0 saturated heterocycles. The number of hydrogen-bond donors (Lipinski definition) is 0. The number of carbonyl (C=O) groups is 2. The zero-order valence-electron chi connectivity index (χ0n) is 11.2. The first kappa shape index (κ1) is 16.9. The third-order valence-electron chi connectivity index (χ3n) is 2.88. The van der Waals surface area contributed by atoms with E-state index in [-0.39, 0.29) is 11.6 Å². The van der Waals surface area contributed by atoms with Crippen molar-refractivity contribution < 1.29 is 9.59 Å². The monoisotopic (exact) mass is 526 g/mol. The zero-order chi connectivity index (χ0) is 15.3. The first-order chi connectivity index (χ1) is 9.98. The van der Waals surface area contributed by atoms with Crippen LogP contribution in [0, 0.1) is 0 Å². The first-order valence-electron chi connectivity index (χ1n) is 6.32. The van der Waals surface area contributed by atoms with Crippen LogP contribution < -0.4 is 0 Å². The summed E-state index contributed by atoms with van der Waals surface area (Å²) >= 11 is 4.45. The maximum absolute atomic E-state index is 12.3.